The largest absolute Gasteiger partial charge is 0.467 e. The number of hydrogen-bond donors (Lipinski definition) is 1. The number of hydrogen-bond acceptors (Lipinski definition) is 2. The van der Waals surface area contributed by atoms with Crippen molar-refractivity contribution in [1.82, 2.24) is 5.32 Å². The van der Waals surface area contributed by atoms with Gasteiger partial charge in [-0.1, -0.05) is 41.9 Å². The lowest BCUT2D eigenvalue weighted by atomic mass is 10.1. The van der Waals surface area contributed by atoms with Crippen LogP contribution in [0.2, 0.25) is 0 Å². The van der Waals surface area contributed by atoms with Gasteiger partial charge in [-0.15, -0.1) is 0 Å². The smallest absolute Gasteiger partial charge is 0.125 e. The Bertz CT molecular complexity index is 473. The zero-order valence-corrected chi connectivity index (χ0v) is 11.6. The van der Waals surface area contributed by atoms with Crippen LogP contribution in [0.5, 0.6) is 0 Å². The Hall–Kier alpha value is -1.06. The van der Waals surface area contributed by atoms with Crippen LogP contribution < -0.4 is 5.32 Å². The van der Waals surface area contributed by atoms with Crippen LogP contribution in [-0.2, 0) is 6.54 Å². The maximum atomic E-state index is 5.53. The van der Waals surface area contributed by atoms with Gasteiger partial charge >= 0.3 is 0 Å². The van der Waals surface area contributed by atoms with Gasteiger partial charge in [0.25, 0.3) is 0 Å². The fourth-order valence-electron chi connectivity index (χ4n) is 1.66. The fraction of sp³-hybridized carbons (Fsp3) is 0.286. The second-order valence-corrected chi connectivity index (χ2v) is 5.22. The van der Waals surface area contributed by atoms with Crippen molar-refractivity contribution >= 4 is 15.9 Å². The van der Waals surface area contributed by atoms with Gasteiger partial charge in [0.15, 0.2) is 0 Å². The molecule has 17 heavy (non-hydrogen) atoms. The molecule has 0 aliphatic rings. The van der Waals surface area contributed by atoms with Crippen LogP contribution in [0.15, 0.2) is 45.5 Å². The van der Waals surface area contributed by atoms with Gasteiger partial charge in [0.05, 0.1) is 12.8 Å². The predicted octanol–water partition coefficient (Wildman–Crippen LogP) is 4.21. The molecule has 0 unspecified atom stereocenters. The summed E-state index contributed by atoms with van der Waals surface area (Å²) in [5.74, 6) is 0.987. The van der Waals surface area contributed by atoms with Crippen LogP contribution in [0.1, 0.15) is 19.6 Å². The molecule has 1 aromatic heterocycles. The quantitative estimate of drug-likeness (QED) is 0.914. The number of halogens is 1. The van der Waals surface area contributed by atoms with Gasteiger partial charge in [-0.25, -0.2) is 0 Å². The van der Waals surface area contributed by atoms with Gasteiger partial charge in [0.1, 0.15) is 5.76 Å². The van der Waals surface area contributed by atoms with E-state index in [2.05, 4.69) is 47.2 Å². The molecule has 1 heterocycles. The Kier molecular flexibility index (Phi) is 4.02. The van der Waals surface area contributed by atoms with E-state index in [1.54, 1.807) is 6.26 Å². The van der Waals surface area contributed by atoms with Crippen LogP contribution >= 0.6 is 15.9 Å². The van der Waals surface area contributed by atoms with Crippen LogP contribution in [-0.4, -0.2) is 6.04 Å². The minimum absolute atomic E-state index is 0.456. The molecule has 0 fully saturated rings. The van der Waals surface area contributed by atoms with Crippen molar-refractivity contribution in [2.24, 2.45) is 0 Å². The van der Waals surface area contributed by atoms with E-state index in [9.17, 15) is 0 Å². The van der Waals surface area contributed by atoms with E-state index in [1.165, 1.54) is 5.56 Å². The fourth-order valence-corrected chi connectivity index (χ4v) is 1.93. The summed E-state index contributed by atoms with van der Waals surface area (Å²) in [5, 5.41) is 3.37. The average molecular weight is 294 g/mol. The lowest BCUT2D eigenvalue weighted by Crippen LogP contribution is -2.21. The Morgan fingerprint density at radius 1 is 1.18 bits per heavy atom. The molecule has 0 saturated carbocycles. The summed E-state index contributed by atoms with van der Waals surface area (Å²) in [6, 6.07) is 10.7. The van der Waals surface area contributed by atoms with Crippen molar-refractivity contribution in [2.45, 2.75) is 26.4 Å². The molecular weight excluding hydrogens is 278 g/mol. The zero-order valence-electron chi connectivity index (χ0n) is 10.0. The molecular formula is C14H16BrNO. The molecule has 1 aromatic carbocycles. The molecule has 0 aliphatic carbocycles. The minimum atomic E-state index is 0.456. The van der Waals surface area contributed by atoms with Crippen molar-refractivity contribution in [2.75, 3.05) is 0 Å². The van der Waals surface area contributed by atoms with Crippen molar-refractivity contribution in [1.29, 1.82) is 0 Å². The van der Waals surface area contributed by atoms with Gasteiger partial charge in [0.2, 0.25) is 0 Å². The zero-order chi connectivity index (χ0) is 12.3. The highest BCUT2D eigenvalue weighted by atomic mass is 79.9. The average Bonchev–Trinajstić information content (AvgIpc) is 2.75. The van der Waals surface area contributed by atoms with E-state index >= 15 is 0 Å². The highest BCUT2D eigenvalue weighted by Crippen LogP contribution is 2.26. The van der Waals surface area contributed by atoms with E-state index in [4.69, 9.17) is 4.42 Å². The highest BCUT2D eigenvalue weighted by molar-refractivity contribution is 9.10. The standard InChI is InChI=1S/C14H16BrNO/c1-10(2)16-9-14-13(7-8-17-14)11-3-5-12(15)6-4-11/h3-8,10,16H,9H2,1-2H3. The molecule has 0 aliphatic heterocycles. The predicted molar refractivity (Wildman–Crippen MR) is 73.8 cm³/mol. The van der Waals surface area contributed by atoms with Gasteiger partial charge < -0.3 is 9.73 Å². The molecule has 2 nitrogen and oxygen atoms in total. The van der Waals surface area contributed by atoms with Crippen molar-refractivity contribution in [3.63, 3.8) is 0 Å². The molecule has 0 amide bonds. The molecule has 0 saturated heterocycles. The molecule has 2 aromatic rings. The van der Waals surface area contributed by atoms with Crippen LogP contribution in [0.3, 0.4) is 0 Å². The molecule has 3 heteroatoms. The third-order valence-corrected chi connectivity index (χ3v) is 3.10. The van der Waals surface area contributed by atoms with Gasteiger partial charge in [-0.3, -0.25) is 0 Å². The van der Waals surface area contributed by atoms with Crippen LogP contribution in [0, 0.1) is 0 Å². The van der Waals surface area contributed by atoms with E-state index in [1.807, 2.05) is 18.2 Å². The molecule has 1 N–H and O–H groups in total. The Morgan fingerprint density at radius 2 is 1.88 bits per heavy atom. The first-order valence-electron chi connectivity index (χ1n) is 5.72. The Labute approximate surface area is 110 Å². The number of furan rings is 1. The number of benzene rings is 1. The summed E-state index contributed by atoms with van der Waals surface area (Å²) in [6.45, 7) is 5.01. The highest BCUT2D eigenvalue weighted by Gasteiger charge is 2.08. The minimum Gasteiger partial charge on any atom is -0.467 e. The first-order valence-corrected chi connectivity index (χ1v) is 6.52. The topological polar surface area (TPSA) is 25.2 Å². The molecule has 0 radical (unpaired) electrons. The third-order valence-electron chi connectivity index (χ3n) is 2.57. The molecule has 90 valence electrons. The summed E-state index contributed by atoms with van der Waals surface area (Å²) in [7, 11) is 0. The van der Waals surface area contributed by atoms with E-state index in [0.717, 1.165) is 22.3 Å². The first kappa shape index (κ1) is 12.4. The second-order valence-electron chi connectivity index (χ2n) is 4.30. The van der Waals surface area contributed by atoms with Gasteiger partial charge in [-0.2, -0.15) is 0 Å². The number of nitrogens with one attached hydrogen (secondary N) is 1. The lowest BCUT2D eigenvalue weighted by molar-refractivity contribution is 0.466. The Morgan fingerprint density at radius 3 is 2.53 bits per heavy atom. The molecule has 2 rings (SSSR count). The Balaban J connectivity index is 2.21. The number of rotatable bonds is 4. The molecule has 0 bridgehead atoms. The van der Waals surface area contributed by atoms with Crippen molar-refractivity contribution in [3.8, 4) is 11.1 Å². The summed E-state index contributed by atoms with van der Waals surface area (Å²) in [6.07, 6.45) is 1.74. The second kappa shape index (κ2) is 5.52. The normalized spacial score (nSPS) is 11.1. The summed E-state index contributed by atoms with van der Waals surface area (Å²) in [4.78, 5) is 0. The van der Waals surface area contributed by atoms with E-state index < -0.39 is 0 Å². The summed E-state index contributed by atoms with van der Waals surface area (Å²) in [5.41, 5.74) is 2.34. The van der Waals surface area contributed by atoms with Gasteiger partial charge in [-0.05, 0) is 23.8 Å². The van der Waals surface area contributed by atoms with Crippen molar-refractivity contribution < 1.29 is 4.42 Å². The van der Waals surface area contributed by atoms with E-state index in [0.29, 0.717) is 6.04 Å². The maximum Gasteiger partial charge on any atom is 0.125 e. The maximum absolute atomic E-state index is 5.53. The first-order chi connectivity index (χ1) is 8.16. The van der Waals surface area contributed by atoms with Crippen LogP contribution in [0.4, 0.5) is 0 Å². The summed E-state index contributed by atoms with van der Waals surface area (Å²) < 4.78 is 6.61. The summed E-state index contributed by atoms with van der Waals surface area (Å²) >= 11 is 3.44. The van der Waals surface area contributed by atoms with Crippen LogP contribution in [0.25, 0.3) is 11.1 Å². The molecule has 0 atom stereocenters. The SMILES string of the molecule is CC(C)NCc1occc1-c1ccc(Br)cc1. The third kappa shape index (κ3) is 3.20. The monoisotopic (exact) mass is 293 g/mol. The van der Waals surface area contributed by atoms with Gasteiger partial charge in [0, 0.05) is 16.1 Å². The van der Waals surface area contributed by atoms with Crippen molar-refractivity contribution in [3.05, 3.63) is 46.8 Å². The lowest BCUT2D eigenvalue weighted by Gasteiger charge is -2.08. The van der Waals surface area contributed by atoms with E-state index in [-0.39, 0.29) is 0 Å². The molecule has 0 spiro atoms.